The fourth-order valence-electron chi connectivity index (χ4n) is 2.18. The van der Waals surface area contributed by atoms with Gasteiger partial charge in [-0.1, -0.05) is 41.5 Å². The Morgan fingerprint density at radius 2 is 1.52 bits per heavy atom. The van der Waals surface area contributed by atoms with Crippen molar-refractivity contribution in [3.8, 4) is 5.75 Å². The van der Waals surface area contributed by atoms with E-state index in [1.165, 1.54) is 6.07 Å². The first-order valence-electron chi connectivity index (χ1n) is 7.28. The van der Waals surface area contributed by atoms with Crippen molar-refractivity contribution in [3.05, 3.63) is 31.8 Å². The lowest BCUT2D eigenvalue weighted by Gasteiger charge is -2.27. The zero-order valence-electron chi connectivity index (χ0n) is 14.7. The maximum Gasteiger partial charge on any atom is 0.491 e. The lowest BCUT2D eigenvalue weighted by atomic mass is 9.79. The number of ether oxygens (including phenoxy) is 1. The van der Waals surface area contributed by atoms with Crippen molar-refractivity contribution in [1.82, 2.24) is 0 Å². The Hall–Kier alpha value is -1.64. The molecule has 0 aromatic heterocycles. The summed E-state index contributed by atoms with van der Waals surface area (Å²) in [6, 6.07) is 1.43. The fraction of sp³-hybridized carbons (Fsp3) is 0.562. The van der Waals surface area contributed by atoms with E-state index in [0.29, 0.717) is 5.56 Å². The molecule has 0 saturated heterocycles. The van der Waals surface area contributed by atoms with Gasteiger partial charge >= 0.3 is 12.1 Å². The molecule has 25 heavy (non-hydrogen) atoms. The molecule has 9 heteroatoms. The number of nitro benzene ring substituents is 1. The van der Waals surface area contributed by atoms with Gasteiger partial charge in [0.2, 0.25) is 0 Å². The standard InChI is InChI=1S/C16H19BrF3NO4/c1-14(2,3)8-7-9(15(4,5)6)12(10(17)11(8)21(23)24)25-13(22)16(18,19)20/h7H,1-6H3. The molecule has 1 aromatic rings. The lowest BCUT2D eigenvalue weighted by molar-refractivity contribution is -0.386. The number of nitrogens with zero attached hydrogens (tertiary/aromatic N) is 1. The summed E-state index contributed by atoms with van der Waals surface area (Å²) in [4.78, 5) is 22.1. The number of rotatable bonds is 2. The molecule has 0 saturated carbocycles. The number of hydrogen-bond acceptors (Lipinski definition) is 4. The second-order valence-corrected chi connectivity index (χ2v) is 8.40. The van der Waals surface area contributed by atoms with Crippen LogP contribution in [-0.4, -0.2) is 17.1 Å². The minimum absolute atomic E-state index is 0.257. The number of benzene rings is 1. The smallest absolute Gasteiger partial charge is 0.418 e. The Labute approximate surface area is 151 Å². The van der Waals surface area contributed by atoms with Gasteiger partial charge < -0.3 is 4.74 Å². The van der Waals surface area contributed by atoms with Crippen molar-refractivity contribution in [1.29, 1.82) is 0 Å². The second kappa shape index (κ2) is 6.59. The molecule has 1 aromatic carbocycles. The molecule has 0 bridgehead atoms. The van der Waals surface area contributed by atoms with Crippen LogP contribution >= 0.6 is 15.9 Å². The van der Waals surface area contributed by atoms with Crippen LogP contribution in [0.15, 0.2) is 10.5 Å². The Balaban J connectivity index is 3.84. The van der Waals surface area contributed by atoms with E-state index in [-0.39, 0.29) is 10.0 Å². The van der Waals surface area contributed by atoms with Gasteiger partial charge in [-0.05, 0) is 32.8 Å². The molecule has 0 aliphatic carbocycles. The molecule has 1 rings (SSSR count). The van der Waals surface area contributed by atoms with Gasteiger partial charge in [0.25, 0.3) is 5.69 Å². The van der Waals surface area contributed by atoms with Gasteiger partial charge in [0, 0.05) is 11.1 Å². The molecule has 140 valence electrons. The first kappa shape index (κ1) is 21.4. The van der Waals surface area contributed by atoms with Gasteiger partial charge in [-0.3, -0.25) is 10.1 Å². The predicted octanol–water partition coefficient (Wildman–Crippen LogP) is 5.42. The molecule has 0 aliphatic heterocycles. The maximum atomic E-state index is 12.6. The van der Waals surface area contributed by atoms with Crippen molar-refractivity contribution in [2.24, 2.45) is 0 Å². The Morgan fingerprint density at radius 3 is 1.84 bits per heavy atom. The highest BCUT2D eigenvalue weighted by Gasteiger charge is 2.44. The first-order chi connectivity index (χ1) is 11.0. The summed E-state index contributed by atoms with van der Waals surface area (Å²) in [5.74, 6) is -2.92. The topological polar surface area (TPSA) is 69.4 Å². The molecule has 0 fully saturated rings. The molecule has 0 amide bonds. The highest BCUT2D eigenvalue weighted by Crippen LogP contribution is 2.47. The zero-order valence-corrected chi connectivity index (χ0v) is 16.3. The summed E-state index contributed by atoms with van der Waals surface area (Å²) >= 11 is 2.98. The third-order valence-corrected chi connectivity index (χ3v) is 4.16. The maximum absolute atomic E-state index is 12.6. The molecular formula is C16H19BrF3NO4. The summed E-state index contributed by atoms with van der Waals surface area (Å²) in [5, 5.41) is 11.5. The number of nitro groups is 1. The number of esters is 1. The van der Waals surface area contributed by atoms with Crippen molar-refractivity contribution in [3.63, 3.8) is 0 Å². The Morgan fingerprint density at radius 1 is 1.08 bits per heavy atom. The number of halogens is 4. The van der Waals surface area contributed by atoms with E-state index in [1.807, 2.05) is 0 Å². The average molecular weight is 426 g/mol. The van der Waals surface area contributed by atoms with Gasteiger partial charge in [-0.2, -0.15) is 13.2 Å². The predicted molar refractivity (Wildman–Crippen MR) is 89.9 cm³/mol. The number of carbonyl (C=O) groups is 1. The average Bonchev–Trinajstić information content (AvgIpc) is 2.35. The van der Waals surface area contributed by atoms with Crippen LogP contribution in [0.4, 0.5) is 18.9 Å². The highest BCUT2D eigenvalue weighted by molar-refractivity contribution is 9.10. The molecule has 0 heterocycles. The van der Waals surface area contributed by atoms with Crippen LogP contribution in [-0.2, 0) is 15.6 Å². The van der Waals surface area contributed by atoms with Crippen LogP contribution in [0.25, 0.3) is 0 Å². The molecule has 0 spiro atoms. The largest absolute Gasteiger partial charge is 0.491 e. The fourth-order valence-corrected chi connectivity index (χ4v) is 2.83. The second-order valence-electron chi connectivity index (χ2n) is 7.61. The van der Waals surface area contributed by atoms with Gasteiger partial charge in [0.05, 0.1) is 4.92 Å². The molecule has 0 unspecified atom stereocenters. The highest BCUT2D eigenvalue weighted by atomic mass is 79.9. The number of carbonyl (C=O) groups excluding carboxylic acids is 1. The van der Waals surface area contributed by atoms with Crippen LogP contribution in [0, 0.1) is 10.1 Å². The molecule has 0 N–H and O–H groups in total. The summed E-state index contributed by atoms with van der Waals surface area (Å²) in [7, 11) is 0. The van der Waals surface area contributed by atoms with E-state index in [2.05, 4.69) is 20.7 Å². The van der Waals surface area contributed by atoms with Crippen molar-refractivity contribution < 1.29 is 27.6 Å². The summed E-state index contributed by atoms with van der Waals surface area (Å²) in [5.41, 5.74) is -1.23. The van der Waals surface area contributed by atoms with E-state index >= 15 is 0 Å². The van der Waals surface area contributed by atoms with Crippen LogP contribution < -0.4 is 4.74 Å². The van der Waals surface area contributed by atoms with Gasteiger partial charge in [-0.15, -0.1) is 0 Å². The first-order valence-corrected chi connectivity index (χ1v) is 8.08. The van der Waals surface area contributed by atoms with Crippen molar-refractivity contribution >= 4 is 27.6 Å². The van der Waals surface area contributed by atoms with Crippen LogP contribution in [0.2, 0.25) is 0 Å². The van der Waals surface area contributed by atoms with E-state index in [9.17, 15) is 28.1 Å². The third kappa shape index (κ3) is 4.71. The third-order valence-electron chi connectivity index (χ3n) is 3.42. The Kier molecular flexibility index (Phi) is 5.64. The Bertz CT molecular complexity index is 716. The van der Waals surface area contributed by atoms with Gasteiger partial charge in [-0.25, -0.2) is 4.79 Å². The summed E-state index contributed by atoms with van der Waals surface area (Å²) in [6.45, 7) is 10.4. The summed E-state index contributed by atoms with van der Waals surface area (Å²) < 4.78 is 42.0. The summed E-state index contributed by atoms with van der Waals surface area (Å²) in [6.07, 6.45) is -5.22. The van der Waals surface area contributed by atoms with E-state index < -0.39 is 39.3 Å². The van der Waals surface area contributed by atoms with Crippen LogP contribution in [0.1, 0.15) is 52.7 Å². The molecular weight excluding hydrogens is 407 g/mol. The van der Waals surface area contributed by atoms with E-state index in [1.54, 1.807) is 41.5 Å². The van der Waals surface area contributed by atoms with Gasteiger partial charge in [0.15, 0.2) is 5.75 Å². The molecule has 0 atom stereocenters. The molecule has 0 radical (unpaired) electrons. The molecule has 0 aliphatic rings. The molecule has 5 nitrogen and oxygen atoms in total. The lowest BCUT2D eigenvalue weighted by Crippen LogP contribution is -2.30. The van der Waals surface area contributed by atoms with Gasteiger partial charge in [0.1, 0.15) is 4.47 Å². The minimum atomic E-state index is -5.22. The quantitative estimate of drug-likeness (QED) is 0.274. The SMILES string of the molecule is CC(C)(C)c1cc(C(C)(C)C)c([N+](=O)[O-])c(Br)c1OC(=O)C(F)(F)F. The normalized spacial score (nSPS) is 12.9. The zero-order chi connectivity index (χ0) is 20.0. The monoisotopic (exact) mass is 425 g/mol. The number of hydrogen-bond donors (Lipinski definition) is 0. The van der Waals surface area contributed by atoms with E-state index in [4.69, 9.17) is 0 Å². The van der Waals surface area contributed by atoms with Crippen LogP contribution in [0.3, 0.4) is 0 Å². The van der Waals surface area contributed by atoms with E-state index in [0.717, 1.165) is 0 Å². The van der Waals surface area contributed by atoms with Crippen LogP contribution in [0.5, 0.6) is 5.75 Å². The van der Waals surface area contributed by atoms with Crippen molar-refractivity contribution in [2.75, 3.05) is 0 Å². The van der Waals surface area contributed by atoms with Crippen molar-refractivity contribution in [2.45, 2.75) is 58.5 Å². The minimum Gasteiger partial charge on any atom is -0.418 e. The number of alkyl halides is 3.